The van der Waals surface area contributed by atoms with Crippen LogP contribution in [0.4, 0.5) is 0 Å². The summed E-state index contributed by atoms with van der Waals surface area (Å²) in [7, 11) is 0. The van der Waals surface area contributed by atoms with Crippen molar-refractivity contribution >= 4 is 17.5 Å². The molecule has 0 bridgehead atoms. The van der Waals surface area contributed by atoms with Crippen molar-refractivity contribution in [2.45, 2.75) is 51.7 Å². The number of fused-ring (bicyclic) bond motifs is 1. The van der Waals surface area contributed by atoms with Gasteiger partial charge in [0, 0.05) is 25.0 Å². The van der Waals surface area contributed by atoms with E-state index >= 15 is 0 Å². The van der Waals surface area contributed by atoms with Crippen molar-refractivity contribution in [1.82, 2.24) is 19.5 Å². The Morgan fingerprint density at radius 1 is 1.32 bits per heavy atom. The van der Waals surface area contributed by atoms with E-state index in [-0.39, 0.29) is 22.7 Å². The second-order valence-corrected chi connectivity index (χ2v) is 7.17. The summed E-state index contributed by atoms with van der Waals surface area (Å²) >= 11 is 0. The van der Waals surface area contributed by atoms with Crippen molar-refractivity contribution in [3.05, 3.63) is 34.4 Å². The summed E-state index contributed by atoms with van der Waals surface area (Å²) in [5, 5.41) is 2.74. The van der Waals surface area contributed by atoms with Gasteiger partial charge in [0.25, 0.3) is 11.5 Å². The van der Waals surface area contributed by atoms with Gasteiger partial charge in [0.15, 0.2) is 5.65 Å². The summed E-state index contributed by atoms with van der Waals surface area (Å²) in [5.74, 6) is -0.724. The maximum absolute atomic E-state index is 13.0. The molecule has 0 radical (unpaired) electrons. The average Bonchev–Trinajstić information content (AvgIpc) is 2.98. The molecule has 8 heteroatoms. The molecule has 0 aliphatic carbocycles. The Balaban J connectivity index is 1.91. The molecule has 0 aromatic carbocycles. The number of ether oxygens (including phenoxy) is 1. The fraction of sp³-hybridized carbons (Fsp3) is 0.529. The summed E-state index contributed by atoms with van der Waals surface area (Å²) in [5.41, 5.74) is -0.385. The molecule has 1 N–H and O–H groups in total. The van der Waals surface area contributed by atoms with E-state index in [9.17, 15) is 14.4 Å². The van der Waals surface area contributed by atoms with Gasteiger partial charge in [-0.1, -0.05) is 0 Å². The quantitative estimate of drug-likeness (QED) is 0.828. The Kier molecular flexibility index (Phi) is 4.36. The van der Waals surface area contributed by atoms with Crippen molar-refractivity contribution < 1.29 is 14.3 Å². The zero-order valence-electron chi connectivity index (χ0n) is 14.6. The number of hydrogen-bond acceptors (Lipinski definition) is 5. The Morgan fingerprint density at radius 3 is 2.80 bits per heavy atom. The normalized spacial score (nSPS) is 18.4. The molecule has 1 atom stereocenters. The fourth-order valence-corrected chi connectivity index (χ4v) is 3.02. The fourth-order valence-electron chi connectivity index (χ4n) is 3.02. The topological polar surface area (TPSA) is 96.8 Å². The zero-order valence-corrected chi connectivity index (χ0v) is 14.6. The molecule has 1 unspecified atom stereocenters. The van der Waals surface area contributed by atoms with Gasteiger partial charge in [-0.2, -0.15) is 0 Å². The molecule has 1 aliphatic heterocycles. The molecule has 2 aromatic heterocycles. The van der Waals surface area contributed by atoms with E-state index < -0.39 is 17.6 Å². The highest BCUT2D eigenvalue weighted by molar-refractivity contribution is 6.01. The molecule has 2 aromatic rings. The number of nitrogens with one attached hydrogen (secondary N) is 1. The van der Waals surface area contributed by atoms with Crippen LogP contribution >= 0.6 is 0 Å². The van der Waals surface area contributed by atoms with Gasteiger partial charge in [0.1, 0.15) is 17.2 Å². The molecule has 0 saturated carbocycles. The summed E-state index contributed by atoms with van der Waals surface area (Å²) in [6.45, 7) is 5.87. The first kappa shape index (κ1) is 17.2. The predicted molar refractivity (Wildman–Crippen MR) is 90.3 cm³/mol. The molecular formula is C17H22N4O4. The Bertz CT molecular complexity index is 861. The lowest BCUT2D eigenvalue weighted by Crippen LogP contribution is -2.50. The lowest BCUT2D eigenvalue weighted by Gasteiger charge is -2.35. The largest absolute Gasteiger partial charge is 0.458 e. The van der Waals surface area contributed by atoms with Crippen LogP contribution in [0.2, 0.25) is 0 Å². The number of carbonyl (C=O) groups is 2. The number of likely N-dealkylation sites (tertiary alicyclic amines) is 1. The lowest BCUT2D eigenvalue weighted by molar-refractivity contribution is -0.161. The summed E-state index contributed by atoms with van der Waals surface area (Å²) in [6.07, 6.45) is 5.06. The first-order valence-corrected chi connectivity index (χ1v) is 8.37. The van der Waals surface area contributed by atoms with E-state index in [0.717, 1.165) is 12.8 Å². The van der Waals surface area contributed by atoms with Gasteiger partial charge in [-0.3, -0.25) is 14.7 Å². The Hall–Kier alpha value is -2.64. The lowest BCUT2D eigenvalue weighted by atomic mass is 10.0. The molecule has 1 aliphatic rings. The molecule has 1 amide bonds. The van der Waals surface area contributed by atoms with Gasteiger partial charge in [0.2, 0.25) is 0 Å². The second kappa shape index (κ2) is 6.34. The molecule has 8 nitrogen and oxygen atoms in total. The van der Waals surface area contributed by atoms with Crippen LogP contribution in [0.3, 0.4) is 0 Å². The molecule has 3 rings (SSSR count). The Labute approximate surface area is 144 Å². The van der Waals surface area contributed by atoms with Crippen LogP contribution in [-0.2, 0) is 9.53 Å². The molecule has 1 saturated heterocycles. The molecule has 25 heavy (non-hydrogen) atoms. The van der Waals surface area contributed by atoms with Crippen LogP contribution in [0.1, 0.15) is 50.4 Å². The van der Waals surface area contributed by atoms with E-state index in [4.69, 9.17) is 4.74 Å². The van der Waals surface area contributed by atoms with Crippen LogP contribution in [-0.4, -0.2) is 49.6 Å². The number of esters is 1. The van der Waals surface area contributed by atoms with Crippen molar-refractivity contribution in [3.8, 4) is 0 Å². The molecule has 0 spiro atoms. The van der Waals surface area contributed by atoms with Crippen molar-refractivity contribution in [3.63, 3.8) is 0 Å². The molecular weight excluding hydrogens is 324 g/mol. The summed E-state index contributed by atoms with van der Waals surface area (Å²) in [4.78, 5) is 43.0. The van der Waals surface area contributed by atoms with Gasteiger partial charge in [-0.05, 0) is 40.0 Å². The number of carbonyl (C=O) groups excluding carboxylic acids is 2. The average molecular weight is 346 g/mol. The number of hydrogen-bond donors (Lipinski definition) is 1. The molecule has 3 heterocycles. The molecule has 1 fully saturated rings. The SMILES string of the molecule is CC(C)(C)OC(=O)C1CCCCN1C(=O)c1c[nH]n2c(=O)ccnc12. The monoisotopic (exact) mass is 346 g/mol. The number of aromatic amines is 1. The highest BCUT2D eigenvalue weighted by Gasteiger charge is 2.36. The van der Waals surface area contributed by atoms with Crippen LogP contribution in [0.5, 0.6) is 0 Å². The van der Waals surface area contributed by atoms with Crippen LogP contribution in [0.15, 0.2) is 23.3 Å². The number of H-pyrrole nitrogens is 1. The minimum atomic E-state index is -0.620. The van der Waals surface area contributed by atoms with E-state index in [2.05, 4.69) is 10.1 Å². The summed E-state index contributed by atoms with van der Waals surface area (Å²) in [6, 6.07) is 0.688. The summed E-state index contributed by atoms with van der Waals surface area (Å²) < 4.78 is 6.68. The van der Waals surface area contributed by atoms with Gasteiger partial charge >= 0.3 is 5.97 Å². The number of nitrogens with zero attached hydrogens (tertiary/aromatic N) is 3. The highest BCUT2D eigenvalue weighted by Crippen LogP contribution is 2.23. The standard InChI is InChI=1S/C17H22N4O4/c1-17(2,3)25-16(24)12-6-4-5-9-20(12)15(23)11-10-19-21-13(22)7-8-18-14(11)21/h7-8,10,12,19H,4-6,9H2,1-3H3. The third-order valence-corrected chi connectivity index (χ3v) is 4.10. The van der Waals surface area contributed by atoms with E-state index in [1.54, 1.807) is 20.8 Å². The third kappa shape index (κ3) is 3.42. The third-order valence-electron chi connectivity index (χ3n) is 4.10. The maximum atomic E-state index is 13.0. The number of piperidine rings is 1. The van der Waals surface area contributed by atoms with Gasteiger partial charge in [-0.15, -0.1) is 0 Å². The first-order chi connectivity index (χ1) is 11.8. The Morgan fingerprint density at radius 2 is 2.08 bits per heavy atom. The van der Waals surface area contributed by atoms with Gasteiger partial charge in [0.05, 0.1) is 0 Å². The van der Waals surface area contributed by atoms with Crippen molar-refractivity contribution in [2.75, 3.05) is 6.54 Å². The minimum absolute atomic E-state index is 0.256. The first-order valence-electron chi connectivity index (χ1n) is 8.37. The maximum Gasteiger partial charge on any atom is 0.329 e. The number of amides is 1. The molecule has 134 valence electrons. The minimum Gasteiger partial charge on any atom is -0.458 e. The van der Waals surface area contributed by atoms with E-state index in [0.29, 0.717) is 13.0 Å². The smallest absolute Gasteiger partial charge is 0.329 e. The second-order valence-electron chi connectivity index (χ2n) is 7.17. The van der Waals surface area contributed by atoms with E-state index in [1.807, 2.05) is 0 Å². The van der Waals surface area contributed by atoms with E-state index in [1.165, 1.54) is 27.9 Å². The number of aromatic nitrogens is 3. The zero-order chi connectivity index (χ0) is 18.2. The van der Waals surface area contributed by atoms with Gasteiger partial charge < -0.3 is 9.64 Å². The van der Waals surface area contributed by atoms with Crippen LogP contribution in [0.25, 0.3) is 5.65 Å². The van der Waals surface area contributed by atoms with Gasteiger partial charge in [-0.25, -0.2) is 14.3 Å². The van der Waals surface area contributed by atoms with Crippen LogP contribution < -0.4 is 5.56 Å². The number of rotatable bonds is 2. The predicted octanol–water partition coefficient (Wildman–Crippen LogP) is 1.36. The van der Waals surface area contributed by atoms with Crippen molar-refractivity contribution in [2.24, 2.45) is 0 Å². The highest BCUT2D eigenvalue weighted by atomic mass is 16.6. The van der Waals surface area contributed by atoms with Crippen LogP contribution in [0, 0.1) is 0 Å². The van der Waals surface area contributed by atoms with Crippen molar-refractivity contribution in [1.29, 1.82) is 0 Å².